The first-order valence-corrected chi connectivity index (χ1v) is 11.3. The molecule has 5 nitrogen and oxygen atoms in total. The lowest BCUT2D eigenvalue weighted by Gasteiger charge is -2.23. The number of aliphatic hydroxyl groups excluding tert-OH is 1. The van der Waals surface area contributed by atoms with E-state index in [2.05, 4.69) is 61.0 Å². The summed E-state index contributed by atoms with van der Waals surface area (Å²) >= 11 is 0. The third kappa shape index (κ3) is 4.54. The van der Waals surface area contributed by atoms with E-state index >= 15 is 0 Å². The van der Waals surface area contributed by atoms with Crippen molar-refractivity contribution in [3.8, 4) is 0 Å². The summed E-state index contributed by atoms with van der Waals surface area (Å²) in [4.78, 5) is 4.92. The zero-order chi connectivity index (χ0) is 20.4. The molecule has 2 heterocycles. The van der Waals surface area contributed by atoms with Crippen LogP contribution in [0.2, 0.25) is 0 Å². The van der Waals surface area contributed by atoms with Crippen molar-refractivity contribution in [3.63, 3.8) is 0 Å². The normalized spacial score (nSPS) is 33.7. The van der Waals surface area contributed by atoms with Gasteiger partial charge in [-0.2, -0.15) is 0 Å². The standard InChI is InChI=1S/C24H38N2O3/c1-18(2)11-25(3)13-21-23(20-7-5-4-6-8-20)24(21)17-26(14-22(24)27)12-19-15-28-9-10-29-16-19/h4-8,18-19,21-23,27H,9-17H2,1-3H3/t21-,22-,23-,24-/m1/s1. The zero-order valence-corrected chi connectivity index (χ0v) is 18.3. The Kier molecular flexibility index (Phi) is 6.62. The summed E-state index contributed by atoms with van der Waals surface area (Å²) in [5, 5.41) is 11.2. The summed E-state index contributed by atoms with van der Waals surface area (Å²) < 4.78 is 11.4. The number of benzene rings is 1. The SMILES string of the molecule is CC(C)CN(C)C[C@@H]1[C@@H](c2ccccc2)[C@]12CN(CC1COCCOC1)C[C@H]2O. The molecule has 1 saturated carbocycles. The van der Waals surface area contributed by atoms with E-state index in [9.17, 15) is 5.11 Å². The molecule has 162 valence electrons. The summed E-state index contributed by atoms with van der Waals surface area (Å²) in [5.41, 5.74) is 1.37. The first-order chi connectivity index (χ1) is 14.0. The molecule has 4 rings (SSSR count). The molecule has 2 saturated heterocycles. The van der Waals surface area contributed by atoms with Gasteiger partial charge in [-0.3, -0.25) is 4.90 Å². The van der Waals surface area contributed by atoms with Crippen LogP contribution in [-0.2, 0) is 9.47 Å². The van der Waals surface area contributed by atoms with Crippen LogP contribution in [-0.4, -0.2) is 87.2 Å². The highest BCUT2D eigenvalue weighted by molar-refractivity contribution is 5.36. The highest BCUT2D eigenvalue weighted by atomic mass is 16.5. The molecule has 1 N–H and O–H groups in total. The van der Waals surface area contributed by atoms with Gasteiger partial charge < -0.3 is 19.5 Å². The maximum Gasteiger partial charge on any atom is 0.0744 e. The van der Waals surface area contributed by atoms with E-state index in [4.69, 9.17) is 9.47 Å². The van der Waals surface area contributed by atoms with Crippen molar-refractivity contribution in [2.24, 2.45) is 23.2 Å². The minimum atomic E-state index is -0.266. The van der Waals surface area contributed by atoms with Gasteiger partial charge in [0.25, 0.3) is 0 Å². The molecule has 0 amide bonds. The highest BCUT2D eigenvalue weighted by Crippen LogP contribution is 2.69. The second kappa shape index (κ2) is 9.03. The van der Waals surface area contributed by atoms with Crippen molar-refractivity contribution in [2.75, 3.05) is 66.2 Å². The molecule has 4 atom stereocenters. The van der Waals surface area contributed by atoms with Gasteiger partial charge in [-0.05, 0) is 30.4 Å². The molecule has 3 aliphatic rings. The van der Waals surface area contributed by atoms with E-state index in [0.29, 0.717) is 36.9 Å². The molecule has 0 unspecified atom stereocenters. The van der Waals surface area contributed by atoms with Gasteiger partial charge >= 0.3 is 0 Å². The van der Waals surface area contributed by atoms with Crippen molar-refractivity contribution in [1.29, 1.82) is 0 Å². The molecule has 2 aliphatic heterocycles. The van der Waals surface area contributed by atoms with Crippen LogP contribution in [0.4, 0.5) is 0 Å². The second-order valence-electron chi connectivity index (χ2n) is 9.95. The summed E-state index contributed by atoms with van der Waals surface area (Å²) in [6.07, 6.45) is -0.266. The smallest absolute Gasteiger partial charge is 0.0744 e. The second-order valence-corrected chi connectivity index (χ2v) is 9.95. The maximum atomic E-state index is 11.2. The molecule has 0 aromatic heterocycles. The molecule has 29 heavy (non-hydrogen) atoms. The van der Waals surface area contributed by atoms with E-state index in [1.54, 1.807) is 0 Å². The average Bonchev–Trinajstić information content (AvgIpc) is 3.28. The Bertz CT molecular complexity index is 647. The van der Waals surface area contributed by atoms with Gasteiger partial charge in [0.05, 0.1) is 32.5 Å². The Morgan fingerprint density at radius 2 is 1.86 bits per heavy atom. The van der Waals surface area contributed by atoms with Crippen LogP contribution in [0, 0.1) is 23.2 Å². The first-order valence-electron chi connectivity index (χ1n) is 11.3. The largest absolute Gasteiger partial charge is 0.391 e. The fraction of sp³-hybridized carbons (Fsp3) is 0.750. The molecule has 1 aromatic carbocycles. The number of nitrogens with zero attached hydrogens (tertiary/aromatic N) is 2. The Morgan fingerprint density at radius 3 is 2.52 bits per heavy atom. The molecule has 1 aromatic rings. The highest BCUT2D eigenvalue weighted by Gasteiger charge is 2.71. The number of rotatable bonds is 7. The lowest BCUT2D eigenvalue weighted by atomic mass is 9.95. The van der Waals surface area contributed by atoms with Crippen molar-refractivity contribution in [2.45, 2.75) is 25.9 Å². The molecule has 1 aliphatic carbocycles. The topological polar surface area (TPSA) is 45.2 Å². The van der Waals surface area contributed by atoms with Gasteiger partial charge in [-0.25, -0.2) is 0 Å². The minimum Gasteiger partial charge on any atom is -0.391 e. The molecule has 0 radical (unpaired) electrons. The molecule has 1 spiro atoms. The molecule has 0 bridgehead atoms. The zero-order valence-electron chi connectivity index (χ0n) is 18.3. The van der Waals surface area contributed by atoms with Crippen LogP contribution >= 0.6 is 0 Å². The van der Waals surface area contributed by atoms with Crippen LogP contribution in [0.25, 0.3) is 0 Å². The Labute approximate surface area is 176 Å². The van der Waals surface area contributed by atoms with Crippen LogP contribution in [0.5, 0.6) is 0 Å². The van der Waals surface area contributed by atoms with Crippen LogP contribution in [0.1, 0.15) is 25.3 Å². The van der Waals surface area contributed by atoms with Gasteiger partial charge in [0.1, 0.15) is 0 Å². The summed E-state index contributed by atoms with van der Waals surface area (Å²) in [7, 11) is 2.23. The Morgan fingerprint density at radius 1 is 1.17 bits per heavy atom. The lowest BCUT2D eigenvalue weighted by Crippen LogP contribution is -2.32. The van der Waals surface area contributed by atoms with Gasteiger partial charge in [-0.15, -0.1) is 0 Å². The lowest BCUT2D eigenvalue weighted by molar-refractivity contribution is 0.102. The Balaban J connectivity index is 1.48. The fourth-order valence-corrected chi connectivity index (χ4v) is 5.97. The van der Waals surface area contributed by atoms with Gasteiger partial charge in [-0.1, -0.05) is 44.2 Å². The molecular formula is C24H38N2O3. The summed E-state index contributed by atoms with van der Waals surface area (Å²) in [6.45, 7) is 12.3. The van der Waals surface area contributed by atoms with Crippen molar-refractivity contribution in [3.05, 3.63) is 35.9 Å². The van der Waals surface area contributed by atoms with Crippen molar-refractivity contribution >= 4 is 0 Å². The van der Waals surface area contributed by atoms with Crippen LogP contribution in [0.15, 0.2) is 30.3 Å². The third-order valence-corrected chi connectivity index (χ3v) is 7.05. The van der Waals surface area contributed by atoms with E-state index in [0.717, 1.165) is 45.9 Å². The first kappa shape index (κ1) is 21.3. The Hall–Kier alpha value is -0.980. The van der Waals surface area contributed by atoms with E-state index < -0.39 is 0 Å². The van der Waals surface area contributed by atoms with Crippen molar-refractivity contribution in [1.82, 2.24) is 9.80 Å². The fourth-order valence-electron chi connectivity index (χ4n) is 5.97. The van der Waals surface area contributed by atoms with Gasteiger partial charge in [0, 0.05) is 44.1 Å². The predicted molar refractivity (Wildman–Crippen MR) is 115 cm³/mol. The maximum absolute atomic E-state index is 11.2. The van der Waals surface area contributed by atoms with Crippen LogP contribution < -0.4 is 0 Å². The van der Waals surface area contributed by atoms with Gasteiger partial charge in [0.2, 0.25) is 0 Å². The number of β-amino-alcohol motifs (C(OH)–C–C–N with tert-alkyl or cyclic N) is 1. The van der Waals surface area contributed by atoms with E-state index in [1.165, 1.54) is 5.56 Å². The minimum absolute atomic E-state index is 0.0148. The molecule has 3 fully saturated rings. The monoisotopic (exact) mass is 402 g/mol. The predicted octanol–water partition coefficient (Wildman–Crippen LogP) is 2.31. The third-order valence-electron chi connectivity index (χ3n) is 7.05. The number of aliphatic hydroxyl groups is 1. The number of ether oxygens (including phenoxy) is 2. The quantitative estimate of drug-likeness (QED) is 0.758. The molecular weight excluding hydrogens is 364 g/mol. The van der Waals surface area contributed by atoms with Gasteiger partial charge in [0.15, 0.2) is 0 Å². The summed E-state index contributed by atoms with van der Waals surface area (Å²) in [5.74, 6) is 2.01. The van der Waals surface area contributed by atoms with Crippen LogP contribution in [0.3, 0.4) is 0 Å². The number of likely N-dealkylation sites (tertiary alicyclic amines) is 1. The van der Waals surface area contributed by atoms with E-state index in [1.807, 2.05) is 0 Å². The molecule has 5 heteroatoms. The summed E-state index contributed by atoms with van der Waals surface area (Å²) in [6, 6.07) is 10.8. The average molecular weight is 403 g/mol. The number of hydrogen-bond donors (Lipinski definition) is 1. The van der Waals surface area contributed by atoms with E-state index in [-0.39, 0.29) is 11.5 Å². The van der Waals surface area contributed by atoms with Crippen molar-refractivity contribution < 1.29 is 14.6 Å². The number of hydrogen-bond acceptors (Lipinski definition) is 5.